The van der Waals surface area contributed by atoms with E-state index in [1.807, 2.05) is 19.1 Å². The molecule has 1 aliphatic rings. The highest BCUT2D eigenvalue weighted by molar-refractivity contribution is 9.10. The van der Waals surface area contributed by atoms with E-state index < -0.39 is 24.1 Å². The van der Waals surface area contributed by atoms with Crippen LogP contribution in [0.4, 0.5) is 5.69 Å². The fourth-order valence-electron chi connectivity index (χ4n) is 2.51. The van der Waals surface area contributed by atoms with Gasteiger partial charge in [-0.1, -0.05) is 22.9 Å². The number of aliphatic carboxylic acids is 1. The van der Waals surface area contributed by atoms with Crippen LogP contribution in [-0.2, 0) is 19.1 Å². The molecule has 0 spiro atoms. The van der Waals surface area contributed by atoms with Crippen LogP contribution in [0.15, 0.2) is 22.7 Å². The van der Waals surface area contributed by atoms with Crippen molar-refractivity contribution in [1.82, 2.24) is 5.32 Å². The zero-order valence-corrected chi connectivity index (χ0v) is 14.9. The molecule has 0 bridgehead atoms. The Bertz CT molecular complexity index is 664. The molecule has 24 heavy (non-hydrogen) atoms. The number of anilines is 1. The van der Waals surface area contributed by atoms with Crippen LogP contribution in [0.3, 0.4) is 0 Å². The first-order chi connectivity index (χ1) is 11.3. The van der Waals surface area contributed by atoms with Gasteiger partial charge in [0.15, 0.2) is 6.10 Å². The van der Waals surface area contributed by atoms with Crippen molar-refractivity contribution >= 4 is 39.4 Å². The van der Waals surface area contributed by atoms with Crippen LogP contribution in [0, 0.1) is 12.8 Å². The van der Waals surface area contributed by atoms with Crippen molar-refractivity contribution in [3.63, 3.8) is 0 Å². The third-order valence-corrected chi connectivity index (χ3v) is 4.70. The van der Waals surface area contributed by atoms with Crippen LogP contribution in [0.2, 0.25) is 0 Å². The van der Waals surface area contributed by atoms with Gasteiger partial charge in [0.25, 0.3) is 0 Å². The minimum absolute atomic E-state index is 0.208. The van der Waals surface area contributed by atoms with Crippen molar-refractivity contribution in [3.05, 3.63) is 28.2 Å². The number of benzene rings is 1. The van der Waals surface area contributed by atoms with Crippen molar-refractivity contribution in [2.45, 2.75) is 32.5 Å². The van der Waals surface area contributed by atoms with Gasteiger partial charge >= 0.3 is 5.97 Å². The maximum atomic E-state index is 12.0. The van der Waals surface area contributed by atoms with Crippen molar-refractivity contribution in [1.29, 1.82) is 0 Å². The number of carboxylic acid groups (broad SMARTS) is 1. The van der Waals surface area contributed by atoms with E-state index in [0.29, 0.717) is 12.1 Å². The molecular weight excluding hydrogens is 380 g/mol. The van der Waals surface area contributed by atoms with Crippen molar-refractivity contribution in [2.75, 3.05) is 11.9 Å². The molecule has 1 heterocycles. The summed E-state index contributed by atoms with van der Waals surface area (Å²) >= 11 is 3.38. The van der Waals surface area contributed by atoms with Gasteiger partial charge in [-0.15, -0.1) is 0 Å². The molecule has 2 amide bonds. The van der Waals surface area contributed by atoms with Gasteiger partial charge in [0.05, 0.1) is 6.54 Å². The second kappa shape index (κ2) is 7.76. The molecule has 130 valence electrons. The van der Waals surface area contributed by atoms with Crippen LogP contribution < -0.4 is 10.6 Å². The van der Waals surface area contributed by atoms with E-state index in [-0.39, 0.29) is 18.4 Å². The Morgan fingerprint density at radius 1 is 1.38 bits per heavy atom. The summed E-state index contributed by atoms with van der Waals surface area (Å²) in [7, 11) is 0. The molecule has 3 N–H and O–H groups in total. The first kappa shape index (κ1) is 18.4. The number of nitrogens with one attached hydrogen (secondary N) is 2. The van der Waals surface area contributed by atoms with Gasteiger partial charge in [-0.3, -0.25) is 9.59 Å². The van der Waals surface area contributed by atoms with Crippen LogP contribution in [-0.4, -0.2) is 41.6 Å². The van der Waals surface area contributed by atoms with Gasteiger partial charge < -0.3 is 20.5 Å². The lowest BCUT2D eigenvalue weighted by Crippen LogP contribution is -2.39. The number of halogens is 1. The summed E-state index contributed by atoms with van der Waals surface area (Å²) in [5.41, 5.74) is 1.61. The van der Waals surface area contributed by atoms with Crippen LogP contribution >= 0.6 is 15.9 Å². The van der Waals surface area contributed by atoms with E-state index >= 15 is 0 Å². The number of ether oxygens (including phenoxy) is 1. The molecule has 8 heteroatoms. The quantitative estimate of drug-likeness (QED) is 0.699. The Labute approximate surface area is 147 Å². The average Bonchev–Trinajstić information content (AvgIpc) is 2.91. The average molecular weight is 399 g/mol. The van der Waals surface area contributed by atoms with Gasteiger partial charge in [0.1, 0.15) is 6.10 Å². The van der Waals surface area contributed by atoms with Gasteiger partial charge in [0, 0.05) is 10.2 Å². The predicted molar refractivity (Wildman–Crippen MR) is 90.6 cm³/mol. The number of rotatable bonds is 5. The fourth-order valence-corrected chi connectivity index (χ4v) is 2.75. The highest BCUT2D eigenvalue weighted by Gasteiger charge is 2.40. The van der Waals surface area contributed by atoms with Gasteiger partial charge in [-0.05, 0) is 43.0 Å². The summed E-state index contributed by atoms with van der Waals surface area (Å²) < 4.78 is 6.17. The van der Waals surface area contributed by atoms with E-state index in [0.717, 1.165) is 10.0 Å². The van der Waals surface area contributed by atoms with Crippen molar-refractivity contribution < 1.29 is 24.2 Å². The first-order valence-electron chi connectivity index (χ1n) is 7.50. The molecule has 0 saturated carbocycles. The minimum atomic E-state index is -1.08. The maximum Gasteiger partial charge on any atom is 0.333 e. The topological polar surface area (TPSA) is 105 Å². The van der Waals surface area contributed by atoms with E-state index in [1.165, 1.54) is 0 Å². The molecule has 1 aromatic rings. The minimum Gasteiger partial charge on any atom is -0.479 e. The summed E-state index contributed by atoms with van der Waals surface area (Å²) in [6.07, 6.45) is -1.51. The Morgan fingerprint density at radius 2 is 2.08 bits per heavy atom. The number of aryl methyl sites for hydroxylation is 1. The molecule has 1 aliphatic heterocycles. The number of carboxylic acids is 1. The summed E-state index contributed by atoms with van der Waals surface area (Å²) in [5.74, 6) is -2.18. The number of hydrogen-bond donors (Lipinski definition) is 3. The van der Waals surface area contributed by atoms with E-state index in [1.54, 1.807) is 13.0 Å². The third-order valence-electron chi connectivity index (χ3n) is 3.81. The number of amides is 2. The molecule has 0 aromatic heterocycles. The molecule has 0 aliphatic carbocycles. The molecule has 1 fully saturated rings. The number of hydrogen-bond acceptors (Lipinski definition) is 4. The van der Waals surface area contributed by atoms with Crippen molar-refractivity contribution in [2.24, 2.45) is 5.92 Å². The first-order valence-corrected chi connectivity index (χ1v) is 8.29. The van der Waals surface area contributed by atoms with E-state index in [2.05, 4.69) is 26.6 Å². The number of carbonyl (C=O) groups excluding carboxylic acids is 2. The molecule has 1 saturated heterocycles. The Balaban J connectivity index is 1.82. The smallest absolute Gasteiger partial charge is 0.333 e. The van der Waals surface area contributed by atoms with Crippen molar-refractivity contribution in [3.8, 4) is 0 Å². The standard InChI is InChI=1S/C16H19BrN2O5/c1-8-5-10(3-4-11(8)17)19-13(20)7-18-15(21)12-6-9(2)14(24-12)16(22)23/h3-5,9,12,14H,6-7H2,1-2H3,(H,18,21)(H,19,20)(H,22,23)/t9-,12-,14-/m1/s1. The van der Waals surface area contributed by atoms with Crippen LogP contribution in [0.5, 0.6) is 0 Å². The lowest BCUT2D eigenvalue weighted by atomic mass is 10.0. The normalized spacial score (nSPS) is 22.9. The molecule has 3 atom stereocenters. The molecule has 1 aromatic carbocycles. The molecule has 0 unspecified atom stereocenters. The zero-order chi connectivity index (χ0) is 17.9. The van der Waals surface area contributed by atoms with E-state index in [4.69, 9.17) is 9.84 Å². The second-order valence-electron chi connectivity index (χ2n) is 5.83. The molecule has 7 nitrogen and oxygen atoms in total. The van der Waals surface area contributed by atoms with Gasteiger partial charge in [-0.2, -0.15) is 0 Å². The fraction of sp³-hybridized carbons (Fsp3) is 0.438. The SMILES string of the molecule is Cc1cc(NC(=O)CNC(=O)[C@H]2C[C@@H](C)[C@H](C(=O)O)O2)ccc1Br. The summed E-state index contributed by atoms with van der Waals surface area (Å²) in [6.45, 7) is 3.41. The lowest BCUT2D eigenvalue weighted by molar-refractivity contribution is -0.153. The maximum absolute atomic E-state index is 12.0. The summed E-state index contributed by atoms with van der Waals surface area (Å²) in [5, 5.41) is 14.1. The zero-order valence-electron chi connectivity index (χ0n) is 13.3. The Hall–Kier alpha value is -1.93. The van der Waals surface area contributed by atoms with E-state index in [9.17, 15) is 14.4 Å². The predicted octanol–water partition coefficient (Wildman–Crippen LogP) is 1.69. The van der Waals surface area contributed by atoms with Gasteiger partial charge in [0.2, 0.25) is 11.8 Å². The molecule has 0 radical (unpaired) electrons. The Morgan fingerprint density at radius 3 is 2.67 bits per heavy atom. The highest BCUT2D eigenvalue weighted by Crippen LogP contribution is 2.26. The largest absolute Gasteiger partial charge is 0.479 e. The van der Waals surface area contributed by atoms with Gasteiger partial charge in [-0.25, -0.2) is 4.79 Å². The Kier molecular flexibility index (Phi) is 5.95. The van der Waals surface area contributed by atoms with Crippen LogP contribution in [0.1, 0.15) is 18.9 Å². The lowest BCUT2D eigenvalue weighted by Gasteiger charge is -2.12. The highest BCUT2D eigenvalue weighted by atomic mass is 79.9. The summed E-state index contributed by atoms with van der Waals surface area (Å²) in [4.78, 5) is 34.9. The number of carbonyl (C=O) groups is 3. The van der Waals surface area contributed by atoms with Crippen LogP contribution in [0.25, 0.3) is 0 Å². The second-order valence-corrected chi connectivity index (χ2v) is 6.68. The monoisotopic (exact) mass is 398 g/mol. The summed E-state index contributed by atoms with van der Waals surface area (Å²) in [6, 6.07) is 5.38. The third kappa shape index (κ3) is 4.55. The molecular formula is C16H19BrN2O5. The molecule has 2 rings (SSSR count).